The van der Waals surface area contributed by atoms with Gasteiger partial charge in [-0.05, 0) is 19.1 Å². The Morgan fingerprint density at radius 2 is 2.00 bits per heavy atom. The van der Waals surface area contributed by atoms with E-state index in [4.69, 9.17) is 5.11 Å². The molecule has 0 unspecified atom stereocenters. The molecule has 0 radical (unpaired) electrons. The third-order valence-electron chi connectivity index (χ3n) is 3.07. The Bertz CT molecular complexity index is 719. The maximum absolute atomic E-state index is 13.2. The van der Waals surface area contributed by atoms with Gasteiger partial charge in [0.1, 0.15) is 11.4 Å². The van der Waals surface area contributed by atoms with Crippen molar-refractivity contribution in [2.24, 2.45) is 7.05 Å². The highest BCUT2D eigenvalue weighted by atomic mass is 19.1. The molecule has 2 rings (SSSR count). The first kappa shape index (κ1) is 13.0. The van der Waals surface area contributed by atoms with Gasteiger partial charge in [-0.25, -0.2) is 9.18 Å². The van der Waals surface area contributed by atoms with E-state index < -0.39 is 17.2 Å². The van der Waals surface area contributed by atoms with Crippen LogP contribution in [0.15, 0.2) is 35.1 Å². The lowest BCUT2D eigenvalue weighted by atomic mass is 10.1. The number of carboxylic acids is 1. The Morgan fingerprint density at radius 1 is 1.32 bits per heavy atom. The summed E-state index contributed by atoms with van der Waals surface area (Å²) in [6, 6.07) is 7.02. The van der Waals surface area contributed by atoms with Crippen molar-refractivity contribution < 1.29 is 14.3 Å². The molecule has 1 aromatic carbocycles. The van der Waals surface area contributed by atoms with Gasteiger partial charge < -0.3 is 9.67 Å². The third-order valence-corrected chi connectivity index (χ3v) is 3.07. The molecular formula is C14H12FNO3. The number of aromatic nitrogens is 1. The minimum Gasteiger partial charge on any atom is -0.477 e. The van der Waals surface area contributed by atoms with E-state index in [0.717, 1.165) is 0 Å². The van der Waals surface area contributed by atoms with Gasteiger partial charge in [0.25, 0.3) is 0 Å². The van der Waals surface area contributed by atoms with Gasteiger partial charge in [-0.1, -0.05) is 12.1 Å². The Hall–Kier alpha value is -2.43. The predicted octanol–water partition coefficient (Wildman–Crippen LogP) is 2.20. The Morgan fingerprint density at radius 3 is 2.58 bits per heavy atom. The second-order valence-corrected chi connectivity index (χ2v) is 4.23. The number of pyridine rings is 1. The maximum atomic E-state index is 13.2. The van der Waals surface area contributed by atoms with Gasteiger partial charge in [0.2, 0.25) is 0 Å². The summed E-state index contributed by atoms with van der Waals surface area (Å²) in [5.74, 6) is -1.67. The lowest BCUT2D eigenvalue weighted by Gasteiger charge is -2.14. The molecule has 0 saturated carbocycles. The highest BCUT2D eigenvalue weighted by Crippen LogP contribution is 2.20. The van der Waals surface area contributed by atoms with Gasteiger partial charge in [0.15, 0.2) is 5.43 Å². The van der Waals surface area contributed by atoms with Crippen LogP contribution in [-0.2, 0) is 7.05 Å². The number of carboxylic acid groups (broad SMARTS) is 1. The highest BCUT2D eigenvalue weighted by Gasteiger charge is 2.16. The average molecular weight is 261 g/mol. The van der Waals surface area contributed by atoms with Crippen molar-refractivity contribution in [3.63, 3.8) is 0 Å². The van der Waals surface area contributed by atoms with Crippen molar-refractivity contribution in [1.82, 2.24) is 4.57 Å². The first-order valence-corrected chi connectivity index (χ1v) is 5.61. The summed E-state index contributed by atoms with van der Waals surface area (Å²) in [6.07, 6.45) is 0. The summed E-state index contributed by atoms with van der Waals surface area (Å²) in [5, 5.41) is 9.00. The number of rotatable bonds is 2. The van der Waals surface area contributed by atoms with Crippen molar-refractivity contribution >= 4 is 5.97 Å². The first-order valence-electron chi connectivity index (χ1n) is 5.61. The molecule has 2 aromatic rings. The molecule has 4 nitrogen and oxygen atoms in total. The fourth-order valence-corrected chi connectivity index (χ4v) is 2.00. The lowest BCUT2D eigenvalue weighted by molar-refractivity contribution is 0.0693. The molecule has 0 amide bonds. The fraction of sp³-hybridized carbons (Fsp3) is 0.143. The molecule has 0 aliphatic carbocycles. The second-order valence-electron chi connectivity index (χ2n) is 4.23. The van der Waals surface area contributed by atoms with Crippen LogP contribution < -0.4 is 5.43 Å². The van der Waals surface area contributed by atoms with Crippen LogP contribution in [0.25, 0.3) is 11.3 Å². The van der Waals surface area contributed by atoms with Crippen molar-refractivity contribution in [2.45, 2.75) is 6.92 Å². The molecule has 0 bridgehead atoms. The van der Waals surface area contributed by atoms with E-state index in [-0.39, 0.29) is 5.56 Å². The maximum Gasteiger partial charge on any atom is 0.341 e. The van der Waals surface area contributed by atoms with E-state index in [9.17, 15) is 14.0 Å². The first-order chi connectivity index (χ1) is 8.91. The molecule has 5 heteroatoms. The van der Waals surface area contributed by atoms with E-state index in [1.807, 2.05) is 0 Å². The molecule has 0 spiro atoms. The van der Waals surface area contributed by atoms with Crippen molar-refractivity contribution in [1.29, 1.82) is 0 Å². The summed E-state index contributed by atoms with van der Waals surface area (Å²) in [4.78, 5) is 22.8. The number of nitrogens with zero attached hydrogens (tertiary/aromatic N) is 1. The average Bonchev–Trinajstić information content (AvgIpc) is 2.33. The van der Waals surface area contributed by atoms with Crippen LogP contribution >= 0.6 is 0 Å². The summed E-state index contributed by atoms with van der Waals surface area (Å²) in [5.41, 5.74) is 0.496. The van der Waals surface area contributed by atoms with Crippen LogP contribution in [0, 0.1) is 12.7 Å². The molecule has 98 valence electrons. The molecule has 1 heterocycles. The molecule has 0 saturated heterocycles. The van der Waals surface area contributed by atoms with Gasteiger partial charge in [-0.2, -0.15) is 0 Å². The summed E-state index contributed by atoms with van der Waals surface area (Å²) >= 11 is 0. The van der Waals surface area contributed by atoms with Crippen LogP contribution in [0.4, 0.5) is 4.39 Å². The summed E-state index contributed by atoms with van der Waals surface area (Å²) in [6.45, 7) is 1.55. The van der Waals surface area contributed by atoms with Gasteiger partial charge in [0.05, 0.1) is 5.69 Å². The Labute approximate surface area is 108 Å². The zero-order valence-electron chi connectivity index (χ0n) is 10.5. The minimum absolute atomic E-state index is 0.261. The number of aromatic carboxylic acids is 1. The van der Waals surface area contributed by atoms with Gasteiger partial charge in [-0.3, -0.25) is 4.79 Å². The van der Waals surface area contributed by atoms with E-state index in [1.165, 1.54) is 24.3 Å². The van der Waals surface area contributed by atoms with E-state index in [1.54, 1.807) is 24.6 Å². The van der Waals surface area contributed by atoms with Crippen LogP contribution in [0.5, 0.6) is 0 Å². The summed E-state index contributed by atoms with van der Waals surface area (Å²) in [7, 11) is 1.64. The van der Waals surface area contributed by atoms with Crippen LogP contribution in [-0.4, -0.2) is 15.6 Å². The number of benzene rings is 1. The van der Waals surface area contributed by atoms with E-state index >= 15 is 0 Å². The normalized spacial score (nSPS) is 10.5. The molecule has 19 heavy (non-hydrogen) atoms. The predicted molar refractivity (Wildman–Crippen MR) is 68.8 cm³/mol. The minimum atomic E-state index is -1.26. The lowest BCUT2D eigenvalue weighted by Crippen LogP contribution is -2.21. The number of halogens is 1. The van der Waals surface area contributed by atoms with E-state index in [2.05, 4.69) is 0 Å². The number of hydrogen-bond acceptors (Lipinski definition) is 2. The Kier molecular flexibility index (Phi) is 3.21. The van der Waals surface area contributed by atoms with Gasteiger partial charge in [0, 0.05) is 24.4 Å². The highest BCUT2D eigenvalue weighted by molar-refractivity contribution is 5.89. The van der Waals surface area contributed by atoms with E-state index in [0.29, 0.717) is 17.0 Å². The van der Waals surface area contributed by atoms with Gasteiger partial charge >= 0.3 is 5.97 Å². The molecule has 1 aromatic heterocycles. The van der Waals surface area contributed by atoms with Crippen molar-refractivity contribution in [3.05, 3.63) is 57.6 Å². The third kappa shape index (κ3) is 2.27. The topological polar surface area (TPSA) is 59.3 Å². The zero-order chi connectivity index (χ0) is 14.2. The standard InChI is InChI=1S/C14H12FNO3/c1-8-13(14(18)19)12(17)7-11(16(8)2)9-4-3-5-10(15)6-9/h3-7H,1-2H3,(H,18,19). The molecule has 1 N–H and O–H groups in total. The van der Waals surface area contributed by atoms with Crippen LogP contribution in [0.2, 0.25) is 0 Å². The quantitative estimate of drug-likeness (QED) is 0.901. The molecule has 0 atom stereocenters. The molecule has 0 fully saturated rings. The number of hydrogen-bond donors (Lipinski definition) is 1. The van der Waals surface area contributed by atoms with Gasteiger partial charge in [-0.15, -0.1) is 0 Å². The fourth-order valence-electron chi connectivity index (χ4n) is 2.00. The number of carbonyl (C=O) groups is 1. The zero-order valence-corrected chi connectivity index (χ0v) is 10.5. The SMILES string of the molecule is Cc1c(C(=O)O)c(=O)cc(-c2cccc(F)c2)n1C. The van der Waals surface area contributed by atoms with Crippen molar-refractivity contribution in [2.75, 3.05) is 0 Å². The molecule has 0 aliphatic heterocycles. The van der Waals surface area contributed by atoms with Crippen LogP contribution in [0.1, 0.15) is 16.1 Å². The molecule has 0 aliphatic rings. The molecular weight excluding hydrogens is 249 g/mol. The second kappa shape index (κ2) is 4.68. The monoisotopic (exact) mass is 261 g/mol. The van der Waals surface area contributed by atoms with Crippen LogP contribution in [0.3, 0.4) is 0 Å². The van der Waals surface area contributed by atoms with Crippen molar-refractivity contribution in [3.8, 4) is 11.3 Å². The summed E-state index contributed by atoms with van der Waals surface area (Å²) < 4.78 is 14.8. The Balaban J connectivity index is 2.74. The smallest absolute Gasteiger partial charge is 0.341 e. The largest absolute Gasteiger partial charge is 0.477 e.